The Morgan fingerprint density at radius 1 is 1.10 bits per heavy atom. The molecule has 1 atom stereocenters. The summed E-state index contributed by atoms with van der Waals surface area (Å²) in [5.74, 6) is 0.768. The number of benzene rings is 2. The van der Waals surface area contributed by atoms with Gasteiger partial charge in [-0.2, -0.15) is 0 Å². The molecule has 0 unspecified atom stereocenters. The lowest BCUT2D eigenvalue weighted by atomic mass is 9.89. The van der Waals surface area contributed by atoms with Gasteiger partial charge in [0.05, 0.1) is 19.8 Å². The second-order valence-electron chi connectivity index (χ2n) is 7.54. The van der Waals surface area contributed by atoms with Crippen LogP contribution in [-0.2, 0) is 16.9 Å². The smallest absolute Gasteiger partial charge is 0.322 e. The zero-order valence-electron chi connectivity index (χ0n) is 16.9. The lowest BCUT2D eigenvalue weighted by Crippen LogP contribution is -2.47. The average molecular weight is 409 g/mol. The van der Waals surface area contributed by atoms with Crippen LogP contribution < -0.4 is 20.1 Å². The summed E-state index contributed by atoms with van der Waals surface area (Å²) in [6.45, 7) is 3.86. The van der Waals surface area contributed by atoms with E-state index in [1.54, 1.807) is 54.3 Å². The van der Waals surface area contributed by atoms with E-state index in [9.17, 15) is 14.7 Å². The first kappa shape index (κ1) is 19.6. The molecule has 3 aromatic rings. The standard InChI is InChI=1S/C22H23N3O5/c1-13(2)30-16-8-5-15(6-9-16)22(20(27)23-21(28)24-22)12-25-11-14-4-7-17(29-3)10-18(14)19(25)26/h4-11,13,26H,12H2,1-3H3,(H2,23,24,27,28)/t22-/m0/s1. The number of urea groups is 1. The molecule has 1 fully saturated rings. The summed E-state index contributed by atoms with van der Waals surface area (Å²) in [6, 6.07) is 11.7. The number of hydrogen-bond acceptors (Lipinski definition) is 5. The first-order chi connectivity index (χ1) is 14.3. The Morgan fingerprint density at radius 2 is 1.80 bits per heavy atom. The topological polar surface area (TPSA) is 102 Å². The lowest BCUT2D eigenvalue weighted by Gasteiger charge is -2.27. The van der Waals surface area contributed by atoms with E-state index in [2.05, 4.69) is 10.6 Å². The number of nitrogens with zero attached hydrogens (tertiary/aromatic N) is 1. The molecular formula is C22H23N3O5. The molecule has 30 heavy (non-hydrogen) atoms. The highest BCUT2D eigenvalue weighted by atomic mass is 16.5. The summed E-state index contributed by atoms with van der Waals surface area (Å²) >= 11 is 0. The summed E-state index contributed by atoms with van der Waals surface area (Å²) in [6.07, 6.45) is 1.75. The summed E-state index contributed by atoms with van der Waals surface area (Å²) in [5, 5.41) is 17.2. The second-order valence-corrected chi connectivity index (χ2v) is 7.54. The van der Waals surface area contributed by atoms with E-state index >= 15 is 0 Å². The number of nitrogens with one attached hydrogen (secondary N) is 2. The van der Waals surface area contributed by atoms with E-state index in [0.29, 0.717) is 22.4 Å². The third-order valence-electron chi connectivity index (χ3n) is 5.14. The number of hydrogen-bond donors (Lipinski definition) is 3. The minimum atomic E-state index is -1.37. The SMILES string of the molecule is COc1ccc2cn(C[C@@]3(c4ccc(OC(C)C)cc4)NC(=O)NC3=O)c(O)c2c1. The summed E-state index contributed by atoms with van der Waals surface area (Å²) in [4.78, 5) is 24.9. The molecule has 2 aromatic carbocycles. The molecule has 1 aromatic heterocycles. The minimum absolute atomic E-state index is 0.0117. The fourth-order valence-corrected chi connectivity index (χ4v) is 3.72. The Balaban J connectivity index is 1.75. The fraction of sp³-hybridized carbons (Fsp3) is 0.273. The van der Waals surface area contributed by atoms with E-state index in [-0.39, 0.29) is 18.5 Å². The molecule has 0 saturated carbocycles. The van der Waals surface area contributed by atoms with Gasteiger partial charge in [0, 0.05) is 17.0 Å². The van der Waals surface area contributed by atoms with Gasteiger partial charge in [-0.25, -0.2) is 4.79 Å². The van der Waals surface area contributed by atoms with E-state index in [0.717, 1.165) is 5.39 Å². The van der Waals surface area contributed by atoms with Crippen LogP contribution in [0.5, 0.6) is 17.4 Å². The minimum Gasteiger partial charge on any atom is -0.497 e. The number of aromatic hydroxyl groups is 1. The Morgan fingerprint density at radius 3 is 2.40 bits per heavy atom. The Kier molecular flexibility index (Phi) is 4.77. The van der Waals surface area contributed by atoms with Crippen LogP contribution in [0, 0.1) is 0 Å². The number of ether oxygens (including phenoxy) is 2. The molecule has 1 aliphatic heterocycles. The number of amides is 3. The van der Waals surface area contributed by atoms with Gasteiger partial charge < -0.3 is 24.5 Å². The molecule has 3 amide bonds. The first-order valence-electron chi connectivity index (χ1n) is 9.59. The maximum atomic E-state index is 12.9. The molecule has 1 aliphatic rings. The van der Waals surface area contributed by atoms with Crippen molar-refractivity contribution >= 4 is 22.7 Å². The van der Waals surface area contributed by atoms with E-state index in [1.165, 1.54) is 0 Å². The van der Waals surface area contributed by atoms with Crippen molar-refractivity contribution in [3.8, 4) is 17.4 Å². The number of methoxy groups -OCH3 is 1. The van der Waals surface area contributed by atoms with Gasteiger partial charge in [0.2, 0.25) is 0 Å². The van der Waals surface area contributed by atoms with Crippen molar-refractivity contribution in [2.75, 3.05) is 7.11 Å². The highest BCUT2D eigenvalue weighted by Gasteiger charge is 2.48. The number of carbonyl (C=O) groups is 2. The van der Waals surface area contributed by atoms with Gasteiger partial charge in [-0.3, -0.25) is 10.1 Å². The monoisotopic (exact) mass is 409 g/mol. The predicted octanol–water partition coefficient (Wildman–Crippen LogP) is 2.88. The number of imide groups is 1. The molecular weight excluding hydrogens is 386 g/mol. The van der Waals surface area contributed by atoms with Gasteiger partial charge in [-0.1, -0.05) is 12.1 Å². The fourth-order valence-electron chi connectivity index (χ4n) is 3.72. The summed E-state index contributed by atoms with van der Waals surface area (Å²) < 4.78 is 12.4. The van der Waals surface area contributed by atoms with Crippen molar-refractivity contribution in [1.82, 2.24) is 15.2 Å². The van der Waals surface area contributed by atoms with Crippen LogP contribution in [0.3, 0.4) is 0 Å². The Hall–Kier alpha value is -3.68. The Bertz CT molecular complexity index is 1120. The van der Waals surface area contributed by atoms with Crippen molar-refractivity contribution in [2.45, 2.75) is 32.0 Å². The van der Waals surface area contributed by atoms with Crippen LogP contribution in [0.1, 0.15) is 19.4 Å². The van der Waals surface area contributed by atoms with Crippen molar-refractivity contribution in [2.24, 2.45) is 0 Å². The second kappa shape index (κ2) is 7.29. The summed E-state index contributed by atoms with van der Waals surface area (Å²) in [7, 11) is 1.55. The molecule has 8 nitrogen and oxygen atoms in total. The number of aromatic nitrogens is 1. The molecule has 0 radical (unpaired) electrons. The number of rotatable bonds is 6. The van der Waals surface area contributed by atoms with Crippen molar-refractivity contribution in [3.05, 3.63) is 54.2 Å². The van der Waals surface area contributed by atoms with Gasteiger partial charge in [0.15, 0.2) is 11.4 Å². The van der Waals surface area contributed by atoms with Crippen molar-refractivity contribution in [1.29, 1.82) is 0 Å². The quantitative estimate of drug-likeness (QED) is 0.544. The predicted molar refractivity (Wildman–Crippen MR) is 111 cm³/mol. The Labute approximate surface area is 173 Å². The van der Waals surface area contributed by atoms with E-state index in [1.807, 2.05) is 19.9 Å². The van der Waals surface area contributed by atoms with Crippen LogP contribution in [0.4, 0.5) is 4.79 Å². The highest BCUT2D eigenvalue weighted by molar-refractivity contribution is 6.07. The maximum absolute atomic E-state index is 12.9. The molecule has 4 rings (SSSR count). The normalized spacial score (nSPS) is 18.5. The van der Waals surface area contributed by atoms with Crippen LogP contribution >= 0.6 is 0 Å². The van der Waals surface area contributed by atoms with E-state index in [4.69, 9.17) is 9.47 Å². The molecule has 3 N–H and O–H groups in total. The zero-order chi connectivity index (χ0) is 21.5. The average Bonchev–Trinajstić information content (AvgIpc) is 3.17. The zero-order valence-corrected chi connectivity index (χ0v) is 16.9. The van der Waals surface area contributed by atoms with Gasteiger partial charge in [-0.15, -0.1) is 0 Å². The number of fused-ring (bicyclic) bond motifs is 1. The van der Waals surface area contributed by atoms with Crippen molar-refractivity contribution < 1.29 is 24.2 Å². The number of carbonyl (C=O) groups excluding carboxylic acids is 2. The van der Waals surface area contributed by atoms with Crippen LogP contribution in [0.25, 0.3) is 10.8 Å². The first-order valence-corrected chi connectivity index (χ1v) is 9.59. The maximum Gasteiger partial charge on any atom is 0.322 e. The lowest BCUT2D eigenvalue weighted by molar-refractivity contribution is -0.124. The van der Waals surface area contributed by atoms with E-state index < -0.39 is 17.5 Å². The molecule has 1 saturated heterocycles. The third-order valence-corrected chi connectivity index (χ3v) is 5.14. The molecule has 0 bridgehead atoms. The molecule has 0 aliphatic carbocycles. The molecule has 0 spiro atoms. The third kappa shape index (κ3) is 3.30. The van der Waals surface area contributed by atoms with Crippen LogP contribution in [-0.4, -0.2) is 34.8 Å². The van der Waals surface area contributed by atoms with Gasteiger partial charge in [0.1, 0.15) is 11.5 Å². The van der Waals surface area contributed by atoms with Gasteiger partial charge in [0.25, 0.3) is 5.91 Å². The highest BCUT2D eigenvalue weighted by Crippen LogP contribution is 2.35. The van der Waals surface area contributed by atoms with Gasteiger partial charge in [-0.05, 0) is 49.7 Å². The van der Waals surface area contributed by atoms with Crippen LogP contribution in [0.15, 0.2) is 48.7 Å². The van der Waals surface area contributed by atoms with Crippen molar-refractivity contribution in [3.63, 3.8) is 0 Å². The van der Waals surface area contributed by atoms with Gasteiger partial charge >= 0.3 is 6.03 Å². The largest absolute Gasteiger partial charge is 0.497 e. The molecule has 156 valence electrons. The van der Waals surface area contributed by atoms with Crippen LogP contribution in [0.2, 0.25) is 0 Å². The summed E-state index contributed by atoms with van der Waals surface area (Å²) in [5.41, 5.74) is -0.791. The molecule has 2 heterocycles. The molecule has 8 heteroatoms.